The number of aromatic amines is 1. The van der Waals surface area contributed by atoms with E-state index in [0.29, 0.717) is 25.4 Å². The topological polar surface area (TPSA) is 78.5 Å². The lowest BCUT2D eigenvalue weighted by molar-refractivity contribution is -0.131. The van der Waals surface area contributed by atoms with Gasteiger partial charge in [-0.2, -0.15) is 0 Å². The SMILES string of the molecule is COc1ccc(CN2CCc3c(nc([C@H]4CCN(C(=O)[C@@H]5C[C@H]5C)C4)[nH]c3=O)C2)cc1. The van der Waals surface area contributed by atoms with Crippen molar-refractivity contribution in [3.05, 3.63) is 57.3 Å². The number of ether oxygens (including phenoxy) is 1. The number of carbonyl (C=O) groups is 1. The molecule has 0 unspecified atom stereocenters. The number of nitrogens with one attached hydrogen (secondary N) is 1. The molecule has 7 nitrogen and oxygen atoms in total. The van der Waals surface area contributed by atoms with Gasteiger partial charge in [-0.1, -0.05) is 19.1 Å². The highest BCUT2D eigenvalue weighted by molar-refractivity contribution is 5.81. The van der Waals surface area contributed by atoms with Crippen LogP contribution in [0.25, 0.3) is 0 Å². The third-order valence-corrected chi connectivity index (χ3v) is 7.05. The Bertz CT molecular complexity index is 1030. The fraction of sp³-hybridized carbons (Fsp3) is 0.542. The number of hydrogen-bond donors (Lipinski definition) is 1. The maximum Gasteiger partial charge on any atom is 0.254 e. The number of likely N-dealkylation sites (tertiary alicyclic amines) is 1. The second-order valence-corrected chi connectivity index (χ2v) is 9.27. The minimum atomic E-state index is -0.00955. The molecule has 2 fully saturated rings. The lowest BCUT2D eigenvalue weighted by Crippen LogP contribution is -2.36. The van der Waals surface area contributed by atoms with Crippen molar-refractivity contribution in [3.8, 4) is 5.75 Å². The zero-order valence-electron chi connectivity index (χ0n) is 18.3. The summed E-state index contributed by atoms with van der Waals surface area (Å²) in [5, 5.41) is 0. The summed E-state index contributed by atoms with van der Waals surface area (Å²) in [5.74, 6) is 2.72. The third kappa shape index (κ3) is 4.11. The minimum Gasteiger partial charge on any atom is -0.497 e. The number of carbonyl (C=O) groups excluding carboxylic acids is 1. The first kappa shape index (κ1) is 20.2. The molecule has 3 heterocycles. The second-order valence-electron chi connectivity index (χ2n) is 9.27. The Kier molecular flexibility index (Phi) is 5.30. The van der Waals surface area contributed by atoms with Crippen LogP contribution in [0.3, 0.4) is 0 Å². The molecule has 164 valence electrons. The van der Waals surface area contributed by atoms with E-state index in [1.54, 1.807) is 7.11 Å². The average Bonchev–Trinajstić information content (AvgIpc) is 3.30. The predicted octanol–water partition coefficient (Wildman–Crippen LogP) is 2.31. The van der Waals surface area contributed by atoms with Gasteiger partial charge in [-0.15, -0.1) is 0 Å². The van der Waals surface area contributed by atoms with Gasteiger partial charge in [0.25, 0.3) is 5.56 Å². The molecule has 1 aliphatic carbocycles. The number of amides is 1. The monoisotopic (exact) mass is 422 g/mol. The molecule has 2 aliphatic heterocycles. The van der Waals surface area contributed by atoms with E-state index in [9.17, 15) is 9.59 Å². The molecule has 1 saturated carbocycles. The molecule has 1 saturated heterocycles. The van der Waals surface area contributed by atoms with Crippen molar-refractivity contribution in [2.45, 2.75) is 45.2 Å². The van der Waals surface area contributed by atoms with E-state index in [1.165, 1.54) is 5.56 Å². The summed E-state index contributed by atoms with van der Waals surface area (Å²) in [6.07, 6.45) is 2.59. The van der Waals surface area contributed by atoms with Crippen LogP contribution in [0.1, 0.15) is 48.3 Å². The summed E-state index contributed by atoms with van der Waals surface area (Å²) in [6.45, 7) is 5.90. The average molecular weight is 423 g/mol. The van der Waals surface area contributed by atoms with Gasteiger partial charge in [0.05, 0.1) is 12.8 Å². The lowest BCUT2D eigenvalue weighted by atomic mass is 10.0. The number of fused-ring (bicyclic) bond motifs is 1. The summed E-state index contributed by atoms with van der Waals surface area (Å²) < 4.78 is 5.24. The highest BCUT2D eigenvalue weighted by Crippen LogP contribution is 2.40. The molecule has 0 bridgehead atoms. The van der Waals surface area contributed by atoms with E-state index in [2.05, 4.69) is 28.9 Å². The van der Waals surface area contributed by atoms with Gasteiger partial charge in [0.1, 0.15) is 11.6 Å². The molecule has 1 N–H and O–H groups in total. The van der Waals surface area contributed by atoms with Crippen LogP contribution in [-0.2, 0) is 24.3 Å². The molecule has 31 heavy (non-hydrogen) atoms. The summed E-state index contributed by atoms with van der Waals surface area (Å²) >= 11 is 0. The minimum absolute atomic E-state index is 0.00955. The fourth-order valence-electron chi connectivity index (χ4n) is 4.91. The molecule has 1 aromatic heterocycles. The van der Waals surface area contributed by atoms with Crippen LogP contribution < -0.4 is 10.3 Å². The van der Waals surface area contributed by atoms with Crippen LogP contribution >= 0.6 is 0 Å². The molecule has 3 atom stereocenters. The van der Waals surface area contributed by atoms with Crippen LogP contribution in [0.15, 0.2) is 29.1 Å². The number of aromatic nitrogens is 2. The molecule has 3 aliphatic rings. The van der Waals surface area contributed by atoms with Crippen molar-refractivity contribution >= 4 is 5.91 Å². The van der Waals surface area contributed by atoms with E-state index in [1.807, 2.05) is 17.0 Å². The molecule has 5 rings (SSSR count). The Labute approximate surface area is 182 Å². The van der Waals surface area contributed by atoms with Crippen LogP contribution in [0, 0.1) is 11.8 Å². The Hall–Kier alpha value is -2.67. The largest absolute Gasteiger partial charge is 0.497 e. The highest BCUT2D eigenvalue weighted by atomic mass is 16.5. The number of H-pyrrole nitrogens is 1. The maximum atomic E-state index is 12.7. The molecule has 7 heteroatoms. The van der Waals surface area contributed by atoms with Crippen molar-refractivity contribution in [2.75, 3.05) is 26.7 Å². The van der Waals surface area contributed by atoms with Crippen molar-refractivity contribution in [1.82, 2.24) is 19.8 Å². The normalized spacial score (nSPS) is 25.4. The Balaban J connectivity index is 1.28. The molecule has 1 aromatic carbocycles. The molecule has 1 amide bonds. The van der Waals surface area contributed by atoms with Crippen molar-refractivity contribution in [2.24, 2.45) is 11.8 Å². The predicted molar refractivity (Wildman–Crippen MR) is 117 cm³/mol. The third-order valence-electron chi connectivity index (χ3n) is 7.05. The maximum absolute atomic E-state index is 12.7. The van der Waals surface area contributed by atoms with Gasteiger partial charge in [0.2, 0.25) is 5.91 Å². The first-order valence-corrected chi connectivity index (χ1v) is 11.3. The summed E-state index contributed by atoms with van der Waals surface area (Å²) in [7, 11) is 1.67. The summed E-state index contributed by atoms with van der Waals surface area (Å²) in [6, 6.07) is 8.11. The van der Waals surface area contributed by atoms with Crippen molar-refractivity contribution < 1.29 is 9.53 Å². The second kappa shape index (κ2) is 8.11. The van der Waals surface area contributed by atoms with Gasteiger partial charge in [0.15, 0.2) is 0 Å². The zero-order chi connectivity index (χ0) is 21.5. The Morgan fingerprint density at radius 1 is 1.26 bits per heavy atom. The van der Waals surface area contributed by atoms with E-state index < -0.39 is 0 Å². The molecule has 0 radical (unpaired) electrons. The van der Waals surface area contributed by atoms with E-state index >= 15 is 0 Å². The lowest BCUT2D eigenvalue weighted by Gasteiger charge is -2.28. The number of nitrogens with zero attached hydrogens (tertiary/aromatic N) is 3. The number of benzene rings is 1. The van der Waals surface area contributed by atoms with Gasteiger partial charge in [-0.25, -0.2) is 4.98 Å². The summed E-state index contributed by atoms with van der Waals surface area (Å²) in [4.78, 5) is 37.5. The van der Waals surface area contributed by atoms with Gasteiger partial charge in [-0.05, 0) is 42.9 Å². The quantitative estimate of drug-likeness (QED) is 0.800. The van der Waals surface area contributed by atoms with Crippen LogP contribution in [0.2, 0.25) is 0 Å². The first-order valence-electron chi connectivity index (χ1n) is 11.3. The zero-order valence-corrected chi connectivity index (χ0v) is 18.3. The standard InChI is InChI=1S/C24H30N4O3/c1-15-11-20(15)24(30)28-10-7-17(13-28)22-25-21-14-27(9-8-19(21)23(29)26-22)12-16-3-5-18(31-2)6-4-16/h3-6,15,17,20H,7-14H2,1-2H3,(H,25,26,29)/t15-,17+,20-/m1/s1. The fourth-order valence-corrected chi connectivity index (χ4v) is 4.91. The summed E-state index contributed by atoms with van der Waals surface area (Å²) in [5.41, 5.74) is 2.91. The van der Waals surface area contributed by atoms with E-state index in [-0.39, 0.29) is 23.3 Å². The van der Waals surface area contributed by atoms with Gasteiger partial charge < -0.3 is 14.6 Å². The number of methoxy groups -OCH3 is 1. The number of hydrogen-bond acceptors (Lipinski definition) is 5. The smallest absolute Gasteiger partial charge is 0.254 e. The van der Waals surface area contributed by atoms with E-state index in [0.717, 1.165) is 55.3 Å². The van der Waals surface area contributed by atoms with E-state index in [4.69, 9.17) is 9.72 Å². The van der Waals surface area contributed by atoms with Crippen LogP contribution in [-0.4, -0.2) is 52.4 Å². The molecule has 2 aromatic rings. The highest BCUT2D eigenvalue weighted by Gasteiger charge is 2.43. The Morgan fingerprint density at radius 3 is 2.74 bits per heavy atom. The van der Waals surface area contributed by atoms with Crippen molar-refractivity contribution in [1.29, 1.82) is 0 Å². The van der Waals surface area contributed by atoms with Gasteiger partial charge in [0, 0.05) is 50.1 Å². The van der Waals surface area contributed by atoms with Crippen LogP contribution in [0.4, 0.5) is 0 Å². The van der Waals surface area contributed by atoms with Crippen molar-refractivity contribution in [3.63, 3.8) is 0 Å². The number of rotatable bonds is 5. The van der Waals surface area contributed by atoms with Gasteiger partial charge >= 0.3 is 0 Å². The molecule has 0 spiro atoms. The Morgan fingerprint density at radius 2 is 2.03 bits per heavy atom. The van der Waals surface area contributed by atoms with Crippen LogP contribution in [0.5, 0.6) is 5.75 Å². The molecular weight excluding hydrogens is 392 g/mol. The first-order chi connectivity index (χ1) is 15.0. The van der Waals surface area contributed by atoms with Gasteiger partial charge in [-0.3, -0.25) is 14.5 Å². The molecular formula is C24H30N4O3.